The molecule has 12 heteroatoms. The fourth-order valence-electron chi connectivity index (χ4n) is 3.17. The van der Waals surface area contributed by atoms with E-state index in [1.165, 1.54) is 12.1 Å². The third kappa shape index (κ3) is 7.12. The molecule has 0 bridgehead atoms. The van der Waals surface area contributed by atoms with Gasteiger partial charge in [0.1, 0.15) is 5.82 Å². The van der Waals surface area contributed by atoms with Crippen LogP contribution in [0, 0.1) is 10.1 Å². The van der Waals surface area contributed by atoms with Crippen molar-refractivity contribution in [3.8, 4) is 0 Å². The zero-order chi connectivity index (χ0) is 24.5. The SMILES string of the molecule is CCOCCNc1nc(SC(C)C)nc2c1cnn2CCNC(=O)Cc1ccc([N+](=O)[O-])cc1. The van der Waals surface area contributed by atoms with Crippen molar-refractivity contribution in [2.75, 3.05) is 31.6 Å². The molecule has 1 aromatic carbocycles. The molecule has 2 aromatic heterocycles. The lowest BCUT2D eigenvalue weighted by molar-refractivity contribution is -0.384. The average Bonchev–Trinajstić information content (AvgIpc) is 3.19. The molecule has 0 atom stereocenters. The Morgan fingerprint density at radius 2 is 2.00 bits per heavy atom. The Hall–Kier alpha value is -3.25. The third-order valence-corrected chi connectivity index (χ3v) is 5.58. The van der Waals surface area contributed by atoms with Crippen LogP contribution in [0.1, 0.15) is 26.3 Å². The van der Waals surface area contributed by atoms with Crippen molar-refractivity contribution in [2.45, 2.75) is 44.1 Å². The Labute approximate surface area is 201 Å². The first-order valence-corrected chi connectivity index (χ1v) is 12.0. The number of nitrogens with one attached hydrogen (secondary N) is 2. The second kappa shape index (κ2) is 12.3. The number of carbonyl (C=O) groups is 1. The molecule has 0 fully saturated rings. The van der Waals surface area contributed by atoms with Gasteiger partial charge in [-0.25, -0.2) is 14.6 Å². The summed E-state index contributed by atoms with van der Waals surface area (Å²) in [6, 6.07) is 5.96. The van der Waals surface area contributed by atoms with Gasteiger partial charge in [0.15, 0.2) is 10.8 Å². The van der Waals surface area contributed by atoms with E-state index in [9.17, 15) is 14.9 Å². The molecule has 2 N–H and O–H groups in total. The van der Waals surface area contributed by atoms with Crippen molar-refractivity contribution in [3.05, 3.63) is 46.1 Å². The summed E-state index contributed by atoms with van der Waals surface area (Å²) < 4.78 is 7.15. The maximum Gasteiger partial charge on any atom is 0.269 e. The van der Waals surface area contributed by atoms with Gasteiger partial charge in [0.05, 0.1) is 36.1 Å². The molecule has 0 aliphatic heterocycles. The summed E-state index contributed by atoms with van der Waals surface area (Å²) in [5.74, 6) is 0.538. The standard InChI is InChI=1S/C22H29N7O4S/c1-4-33-12-10-24-20-18-14-25-28(21(18)27-22(26-20)34-15(2)3)11-9-23-19(30)13-16-5-7-17(8-6-16)29(31)32/h5-8,14-15H,4,9-13H2,1-3H3,(H,23,30)(H,24,26,27). The van der Waals surface area contributed by atoms with Gasteiger partial charge in [-0.1, -0.05) is 37.7 Å². The first-order valence-electron chi connectivity index (χ1n) is 11.1. The summed E-state index contributed by atoms with van der Waals surface area (Å²) in [7, 11) is 0. The third-order valence-electron chi connectivity index (χ3n) is 4.72. The number of nitro benzene ring substituents is 1. The van der Waals surface area contributed by atoms with Gasteiger partial charge >= 0.3 is 0 Å². The number of benzene rings is 1. The second-order valence-corrected chi connectivity index (χ2v) is 9.24. The second-order valence-electron chi connectivity index (χ2n) is 7.70. The normalized spacial score (nSPS) is 11.2. The van der Waals surface area contributed by atoms with E-state index in [1.807, 2.05) is 6.92 Å². The molecular weight excluding hydrogens is 458 g/mol. The molecular formula is C22H29N7O4S. The molecule has 0 saturated carbocycles. The Morgan fingerprint density at radius 1 is 1.24 bits per heavy atom. The predicted molar refractivity (Wildman–Crippen MR) is 131 cm³/mol. The van der Waals surface area contributed by atoms with Crippen molar-refractivity contribution in [1.82, 2.24) is 25.1 Å². The summed E-state index contributed by atoms with van der Waals surface area (Å²) >= 11 is 1.57. The van der Waals surface area contributed by atoms with Crippen LogP contribution >= 0.6 is 11.8 Å². The van der Waals surface area contributed by atoms with Gasteiger partial charge < -0.3 is 15.4 Å². The van der Waals surface area contributed by atoms with E-state index in [2.05, 4.69) is 39.5 Å². The number of anilines is 1. The summed E-state index contributed by atoms with van der Waals surface area (Å²) in [5, 5.41) is 23.2. The topological polar surface area (TPSA) is 137 Å². The van der Waals surface area contributed by atoms with Crippen LogP contribution in [0.3, 0.4) is 0 Å². The van der Waals surface area contributed by atoms with Gasteiger partial charge in [-0.15, -0.1) is 0 Å². The summed E-state index contributed by atoms with van der Waals surface area (Å²) in [6.07, 6.45) is 1.87. The summed E-state index contributed by atoms with van der Waals surface area (Å²) in [5.41, 5.74) is 1.40. The minimum absolute atomic E-state index is 0.00143. The number of amides is 1. The highest BCUT2D eigenvalue weighted by atomic mass is 32.2. The van der Waals surface area contributed by atoms with Crippen LogP contribution in [0.2, 0.25) is 0 Å². The Morgan fingerprint density at radius 3 is 2.68 bits per heavy atom. The van der Waals surface area contributed by atoms with E-state index in [-0.39, 0.29) is 18.0 Å². The van der Waals surface area contributed by atoms with E-state index in [1.54, 1.807) is 34.8 Å². The lowest BCUT2D eigenvalue weighted by Gasteiger charge is -2.11. The molecule has 0 unspecified atom stereocenters. The highest BCUT2D eigenvalue weighted by Crippen LogP contribution is 2.26. The number of non-ortho nitro benzene ring substituents is 1. The minimum atomic E-state index is -0.465. The van der Waals surface area contributed by atoms with Crippen LogP contribution in [-0.2, 0) is 22.5 Å². The zero-order valence-electron chi connectivity index (χ0n) is 19.5. The lowest BCUT2D eigenvalue weighted by Crippen LogP contribution is -2.28. The largest absolute Gasteiger partial charge is 0.380 e. The molecule has 0 aliphatic carbocycles. The smallest absolute Gasteiger partial charge is 0.269 e. The number of nitro groups is 1. The van der Waals surface area contributed by atoms with Crippen molar-refractivity contribution >= 4 is 40.2 Å². The van der Waals surface area contributed by atoms with E-state index in [4.69, 9.17) is 4.74 Å². The highest BCUT2D eigenvalue weighted by Gasteiger charge is 2.15. The van der Waals surface area contributed by atoms with E-state index < -0.39 is 4.92 Å². The van der Waals surface area contributed by atoms with E-state index in [0.717, 1.165) is 5.39 Å². The molecule has 0 spiro atoms. The number of rotatable bonds is 13. The van der Waals surface area contributed by atoms with Gasteiger partial charge in [-0.2, -0.15) is 5.10 Å². The van der Waals surface area contributed by atoms with Crippen LogP contribution in [0.4, 0.5) is 11.5 Å². The molecule has 1 amide bonds. The zero-order valence-corrected chi connectivity index (χ0v) is 20.3. The molecule has 0 saturated heterocycles. The number of carbonyl (C=O) groups excluding carboxylic acids is 1. The van der Waals surface area contributed by atoms with Crippen LogP contribution in [0.5, 0.6) is 0 Å². The van der Waals surface area contributed by atoms with Crippen LogP contribution in [-0.4, -0.2) is 62.1 Å². The van der Waals surface area contributed by atoms with Crippen molar-refractivity contribution in [3.63, 3.8) is 0 Å². The first-order chi connectivity index (χ1) is 16.4. The van der Waals surface area contributed by atoms with Crippen molar-refractivity contribution in [1.29, 1.82) is 0 Å². The van der Waals surface area contributed by atoms with Gasteiger partial charge in [-0.3, -0.25) is 14.9 Å². The van der Waals surface area contributed by atoms with Crippen LogP contribution in [0.25, 0.3) is 11.0 Å². The van der Waals surface area contributed by atoms with Crippen LogP contribution < -0.4 is 10.6 Å². The maximum atomic E-state index is 12.3. The van der Waals surface area contributed by atoms with Crippen molar-refractivity contribution < 1.29 is 14.5 Å². The average molecular weight is 488 g/mol. The van der Waals surface area contributed by atoms with Crippen LogP contribution in [0.15, 0.2) is 35.6 Å². The Kier molecular flexibility index (Phi) is 9.16. The minimum Gasteiger partial charge on any atom is -0.380 e. The van der Waals surface area contributed by atoms with E-state index >= 15 is 0 Å². The molecule has 2 heterocycles. The van der Waals surface area contributed by atoms with Gasteiger partial charge in [0, 0.05) is 37.1 Å². The monoisotopic (exact) mass is 487 g/mol. The Bertz CT molecular complexity index is 1120. The summed E-state index contributed by atoms with van der Waals surface area (Å²) in [6.45, 7) is 8.77. The molecule has 34 heavy (non-hydrogen) atoms. The van der Waals surface area contributed by atoms with E-state index in [0.29, 0.717) is 60.3 Å². The Balaban J connectivity index is 1.64. The number of hydrogen-bond acceptors (Lipinski definition) is 9. The number of hydrogen-bond donors (Lipinski definition) is 2. The van der Waals surface area contributed by atoms with Gasteiger partial charge in [0.25, 0.3) is 5.69 Å². The number of ether oxygens (including phenoxy) is 1. The van der Waals surface area contributed by atoms with Gasteiger partial charge in [0.2, 0.25) is 5.91 Å². The summed E-state index contributed by atoms with van der Waals surface area (Å²) in [4.78, 5) is 31.9. The molecule has 3 aromatic rings. The number of aromatic nitrogens is 4. The maximum absolute atomic E-state index is 12.3. The fraction of sp³-hybridized carbons (Fsp3) is 0.455. The number of nitrogens with zero attached hydrogens (tertiary/aromatic N) is 5. The lowest BCUT2D eigenvalue weighted by atomic mass is 10.1. The number of thioether (sulfide) groups is 1. The number of fused-ring (bicyclic) bond motifs is 1. The molecule has 3 rings (SSSR count). The quantitative estimate of drug-likeness (QED) is 0.122. The predicted octanol–water partition coefficient (Wildman–Crippen LogP) is 3.04. The fourth-order valence-corrected chi connectivity index (χ4v) is 3.87. The molecule has 0 aliphatic rings. The molecule has 0 radical (unpaired) electrons. The van der Waals surface area contributed by atoms with Gasteiger partial charge in [-0.05, 0) is 12.5 Å². The highest BCUT2D eigenvalue weighted by molar-refractivity contribution is 7.99. The first kappa shape index (κ1) is 25.4. The van der Waals surface area contributed by atoms with Crippen molar-refractivity contribution in [2.24, 2.45) is 0 Å². The molecule has 182 valence electrons. The molecule has 11 nitrogen and oxygen atoms in total.